The van der Waals surface area contributed by atoms with Gasteiger partial charge in [-0.15, -0.1) is 0 Å². The Kier molecular flexibility index (Phi) is 4.60. The Morgan fingerprint density at radius 2 is 1.86 bits per heavy atom. The highest BCUT2D eigenvalue weighted by Crippen LogP contribution is 2.31. The van der Waals surface area contributed by atoms with E-state index in [4.69, 9.17) is 5.73 Å². The fourth-order valence-corrected chi connectivity index (χ4v) is 4.80. The van der Waals surface area contributed by atoms with Crippen LogP contribution in [-0.2, 0) is 10.0 Å². The number of aryl methyl sites for hydroxylation is 1. The van der Waals surface area contributed by atoms with Crippen LogP contribution in [0.15, 0.2) is 17.0 Å². The van der Waals surface area contributed by atoms with Crippen LogP contribution in [0, 0.1) is 13.8 Å². The minimum Gasteiger partial charge on any atom is -0.399 e. The van der Waals surface area contributed by atoms with E-state index in [9.17, 15) is 13.5 Å². The molecule has 1 aliphatic carbocycles. The average Bonchev–Trinajstić information content (AvgIpc) is 2.43. The zero-order chi connectivity index (χ0) is 15.7. The first-order chi connectivity index (χ1) is 9.80. The first-order valence-electron chi connectivity index (χ1n) is 7.31. The minimum atomic E-state index is -3.70. The molecule has 1 fully saturated rings. The van der Waals surface area contributed by atoms with Crippen molar-refractivity contribution < 1.29 is 13.5 Å². The predicted octanol–water partition coefficient (Wildman–Crippen LogP) is 1.86. The highest BCUT2D eigenvalue weighted by Gasteiger charge is 2.36. The maximum Gasteiger partial charge on any atom is 0.241 e. The lowest BCUT2D eigenvalue weighted by Gasteiger charge is -2.36. The van der Waals surface area contributed by atoms with E-state index in [1.165, 1.54) is 6.07 Å². The van der Waals surface area contributed by atoms with E-state index in [2.05, 4.69) is 4.72 Å². The van der Waals surface area contributed by atoms with Crippen LogP contribution in [0.4, 0.5) is 5.69 Å². The van der Waals surface area contributed by atoms with Crippen LogP contribution in [0.1, 0.15) is 43.2 Å². The molecule has 1 aromatic rings. The van der Waals surface area contributed by atoms with E-state index in [1.807, 2.05) is 6.92 Å². The van der Waals surface area contributed by atoms with Gasteiger partial charge in [-0.05, 0) is 49.9 Å². The molecular weight excluding hydrogens is 288 g/mol. The molecule has 5 nitrogen and oxygen atoms in total. The largest absolute Gasteiger partial charge is 0.399 e. The second-order valence-corrected chi connectivity index (χ2v) is 7.72. The van der Waals surface area contributed by atoms with Crippen LogP contribution in [0.5, 0.6) is 0 Å². The number of rotatable bonds is 4. The predicted molar refractivity (Wildman–Crippen MR) is 83.6 cm³/mol. The van der Waals surface area contributed by atoms with Crippen molar-refractivity contribution in [1.29, 1.82) is 0 Å². The summed E-state index contributed by atoms with van der Waals surface area (Å²) in [5.74, 6) is 0. The Morgan fingerprint density at radius 3 is 2.43 bits per heavy atom. The normalized spacial score (nSPS) is 18.6. The highest BCUT2D eigenvalue weighted by atomic mass is 32.2. The minimum absolute atomic E-state index is 0.174. The van der Waals surface area contributed by atoms with Gasteiger partial charge < -0.3 is 10.8 Å². The van der Waals surface area contributed by atoms with E-state index < -0.39 is 15.6 Å². The van der Waals surface area contributed by atoms with Crippen molar-refractivity contribution in [3.63, 3.8) is 0 Å². The number of hydrogen-bond donors (Lipinski definition) is 3. The van der Waals surface area contributed by atoms with Gasteiger partial charge in [0, 0.05) is 5.69 Å². The summed E-state index contributed by atoms with van der Waals surface area (Å²) in [6.07, 6.45) is 4.28. The van der Waals surface area contributed by atoms with Crippen LogP contribution in [0.25, 0.3) is 0 Å². The van der Waals surface area contributed by atoms with Gasteiger partial charge in [-0.2, -0.15) is 0 Å². The van der Waals surface area contributed by atoms with Gasteiger partial charge in [0.1, 0.15) is 0 Å². The fourth-order valence-electron chi connectivity index (χ4n) is 2.99. The lowest BCUT2D eigenvalue weighted by molar-refractivity contribution is 0.142. The quantitative estimate of drug-likeness (QED) is 0.740. The highest BCUT2D eigenvalue weighted by molar-refractivity contribution is 7.89. The Hall–Kier alpha value is -1.11. The number of benzene rings is 1. The second kappa shape index (κ2) is 5.94. The van der Waals surface area contributed by atoms with Gasteiger partial charge in [-0.25, -0.2) is 13.1 Å². The summed E-state index contributed by atoms with van der Waals surface area (Å²) in [5, 5.41) is 9.68. The number of nitrogen functional groups attached to an aromatic ring is 1. The Labute approximate surface area is 126 Å². The summed E-state index contributed by atoms with van der Waals surface area (Å²) < 4.78 is 28.2. The molecule has 0 bridgehead atoms. The molecule has 118 valence electrons. The molecule has 0 aliphatic heterocycles. The van der Waals surface area contributed by atoms with Crippen LogP contribution in [0.3, 0.4) is 0 Å². The monoisotopic (exact) mass is 312 g/mol. The molecule has 21 heavy (non-hydrogen) atoms. The summed E-state index contributed by atoms with van der Waals surface area (Å²) >= 11 is 0. The summed E-state index contributed by atoms with van der Waals surface area (Å²) in [4.78, 5) is 0.207. The molecule has 1 saturated carbocycles. The zero-order valence-electron chi connectivity index (χ0n) is 12.6. The molecule has 0 heterocycles. The third-order valence-electron chi connectivity index (χ3n) is 4.40. The van der Waals surface area contributed by atoms with Gasteiger partial charge in [-0.1, -0.05) is 19.3 Å². The van der Waals surface area contributed by atoms with Gasteiger partial charge in [0.15, 0.2) is 0 Å². The van der Waals surface area contributed by atoms with E-state index in [-0.39, 0.29) is 11.5 Å². The zero-order valence-corrected chi connectivity index (χ0v) is 13.5. The molecule has 0 aromatic heterocycles. The molecule has 0 radical (unpaired) electrons. The first kappa shape index (κ1) is 16.3. The van der Waals surface area contributed by atoms with Crippen LogP contribution in [0.2, 0.25) is 0 Å². The third-order valence-corrected chi connectivity index (χ3v) is 6.10. The van der Waals surface area contributed by atoms with Gasteiger partial charge in [0.05, 0.1) is 17.0 Å². The molecule has 1 aromatic carbocycles. The van der Waals surface area contributed by atoms with Crippen molar-refractivity contribution >= 4 is 15.7 Å². The SMILES string of the molecule is Cc1cc(N)cc(S(=O)(=O)NC2(CO)CCCCC2)c1C. The third kappa shape index (κ3) is 3.39. The summed E-state index contributed by atoms with van der Waals surface area (Å²) in [5.41, 5.74) is 7.02. The molecule has 0 unspecified atom stereocenters. The molecule has 6 heteroatoms. The van der Waals surface area contributed by atoms with Gasteiger partial charge in [-0.3, -0.25) is 0 Å². The molecule has 0 spiro atoms. The van der Waals surface area contributed by atoms with Crippen molar-refractivity contribution in [3.8, 4) is 0 Å². The van der Waals surface area contributed by atoms with Crippen molar-refractivity contribution in [2.45, 2.75) is 56.4 Å². The molecule has 4 N–H and O–H groups in total. The van der Waals surface area contributed by atoms with Crippen LogP contribution in [-0.4, -0.2) is 25.7 Å². The van der Waals surface area contributed by atoms with Crippen molar-refractivity contribution in [2.75, 3.05) is 12.3 Å². The van der Waals surface area contributed by atoms with E-state index >= 15 is 0 Å². The molecule has 1 aliphatic rings. The molecule has 0 atom stereocenters. The van der Waals surface area contributed by atoms with Crippen LogP contribution >= 0.6 is 0 Å². The van der Waals surface area contributed by atoms with Crippen molar-refractivity contribution in [1.82, 2.24) is 4.72 Å². The van der Waals surface area contributed by atoms with Crippen molar-refractivity contribution in [3.05, 3.63) is 23.3 Å². The summed E-state index contributed by atoms with van der Waals surface area (Å²) in [6, 6.07) is 3.25. The van der Waals surface area contributed by atoms with E-state index in [0.29, 0.717) is 24.1 Å². The standard InChI is InChI=1S/C15H24N2O3S/c1-11-8-13(16)9-14(12(11)2)21(19,20)17-15(10-18)6-4-3-5-7-15/h8-9,17-18H,3-7,10,16H2,1-2H3. The Balaban J connectivity index is 2.38. The number of sulfonamides is 1. The van der Waals surface area contributed by atoms with Crippen LogP contribution < -0.4 is 10.5 Å². The number of nitrogens with two attached hydrogens (primary N) is 1. The van der Waals surface area contributed by atoms with Gasteiger partial charge in [0.2, 0.25) is 10.0 Å². The Morgan fingerprint density at radius 1 is 1.24 bits per heavy atom. The molecule has 0 saturated heterocycles. The summed E-state index contributed by atoms with van der Waals surface area (Å²) in [6.45, 7) is 3.44. The Bertz CT molecular complexity index is 620. The van der Waals surface area contributed by atoms with E-state index in [1.54, 1.807) is 13.0 Å². The fraction of sp³-hybridized carbons (Fsp3) is 0.600. The molecular formula is C15H24N2O3S. The number of nitrogens with one attached hydrogen (secondary N) is 1. The van der Waals surface area contributed by atoms with E-state index in [0.717, 1.165) is 24.8 Å². The second-order valence-electron chi connectivity index (χ2n) is 6.07. The number of hydrogen-bond acceptors (Lipinski definition) is 4. The molecule has 0 amide bonds. The van der Waals surface area contributed by atoms with Crippen molar-refractivity contribution in [2.24, 2.45) is 0 Å². The topological polar surface area (TPSA) is 92.4 Å². The first-order valence-corrected chi connectivity index (χ1v) is 8.80. The van der Waals surface area contributed by atoms with Gasteiger partial charge in [0.25, 0.3) is 0 Å². The average molecular weight is 312 g/mol. The number of anilines is 1. The number of aliphatic hydroxyl groups excluding tert-OH is 1. The lowest BCUT2D eigenvalue weighted by Crippen LogP contribution is -2.52. The smallest absolute Gasteiger partial charge is 0.241 e. The number of aliphatic hydroxyl groups is 1. The van der Waals surface area contributed by atoms with Gasteiger partial charge >= 0.3 is 0 Å². The lowest BCUT2D eigenvalue weighted by atomic mass is 9.83. The molecule has 2 rings (SSSR count). The maximum absolute atomic E-state index is 12.7. The maximum atomic E-state index is 12.7. The summed E-state index contributed by atoms with van der Waals surface area (Å²) in [7, 11) is -3.70.